The molecular weight excluding hydrogens is 206 g/mol. The van der Waals surface area contributed by atoms with Crippen molar-refractivity contribution in [2.24, 2.45) is 5.73 Å². The zero-order valence-corrected chi connectivity index (χ0v) is 8.04. The van der Waals surface area contributed by atoms with E-state index in [1.807, 2.05) is 0 Å². The van der Waals surface area contributed by atoms with Gasteiger partial charge in [-0.2, -0.15) is 0 Å². The normalized spacial score (nSPS) is 10.5. The Morgan fingerprint density at radius 2 is 2.33 bits per heavy atom. The zero-order chi connectivity index (χ0) is 11.4. The number of aromatic nitrogens is 1. The molecule has 0 unspecified atom stereocenters. The van der Waals surface area contributed by atoms with E-state index >= 15 is 0 Å². The van der Waals surface area contributed by atoms with E-state index in [1.165, 1.54) is 13.3 Å². The van der Waals surface area contributed by atoms with E-state index in [2.05, 4.69) is 4.98 Å². The van der Waals surface area contributed by atoms with Crippen molar-refractivity contribution in [3.63, 3.8) is 0 Å². The molecular formula is C9H10F2N2O2. The van der Waals surface area contributed by atoms with Crippen LogP contribution >= 0.6 is 0 Å². The van der Waals surface area contributed by atoms with Gasteiger partial charge in [-0.3, -0.25) is 4.79 Å². The van der Waals surface area contributed by atoms with Crippen molar-refractivity contribution in [2.45, 2.75) is 13.0 Å². The zero-order valence-electron chi connectivity index (χ0n) is 8.04. The number of carbonyl (C=O) groups excluding carboxylic acids is 1. The van der Waals surface area contributed by atoms with Crippen molar-refractivity contribution in [2.75, 3.05) is 7.11 Å². The number of halogens is 2. The van der Waals surface area contributed by atoms with Crippen LogP contribution in [0.25, 0.3) is 0 Å². The van der Waals surface area contributed by atoms with Gasteiger partial charge in [-0.25, -0.2) is 13.8 Å². The van der Waals surface area contributed by atoms with E-state index in [0.717, 1.165) is 0 Å². The summed E-state index contributed by atoms with van der Waals surface area (Å²) >= 11 is 0. The first-order valence-electron chi connectivity index (χ1n) is 4.14. The predicted octanol–water partition coefficient (Wildman–Crippen LogP) is 1.30. The summed E-state index contributed by atoms with van der Waals surface area (Å²) in [5.41, 5.74) is 4.78. The van der Waals surface area contributed by atoms with Gasteiger partial charge in [0, 0.05) is 18.3 Å². The number of hydrogen-bond acceptors (Lipinski definition) is 4. The second-order valence-electron chi connectivity index (χ2n) is 2.74. The Hall–Kier alpha value is -1.56. The molecule has 0 spiro atoms. The van der Waals surface area contributed by atoms with Crippen molar-refractivity contribution in [1.82, 2.24) is 4.98 Å². The average molecular weight is 216 g/mol. The maximum absolute atomic E-state index is 12.7. The maximum Gasteiger partial charge on any atom is 0.265 e. The first kappa shape index (κ1) is 11.5. The van der Waals surface area contributed by atoms with Crippen molar-refractivity contribution in [3.8, 4) is 5.88 Å². The van der Waals surface area contributed by atoms with Crippen LogP contribution in [-0.4, -0.2) is 18.4 Å². The third kappa shape index (κ3) is 2.10. The summed E-state index contributed by atoms with van der Waals surface area (Å²) in [6.45, 7) is -0.0997. The second kappa shape index (κ2) is 4.79. The molecule has 82 valence electrons. The first-order valence-corrected chi connectivity index (χ1v) is 4.14. The second-order valence-corrected chi connectivity index (χ2v) is 2.74. The van der Waals surface area contributed by atoms with E-state index in [1.54, 1.807) is 0 Å². The number of rotatable bonds is 4. The quantitative estimate of drug-likeness (QED) is 0.770. The Morgan fingerprint density at radius 3 is 2.73 bits per heavy atom. The van der Waals surface area contributed by atoms with E-state index in [-0.39, 0.29) is 23.6 Å². The molecule has 0 aliphatic carbocycles. The molecule has 0 bridgehead atoms. The van der Waals surface area contributed by atoms with Crippen molar-refractivity contribution in [3.05, 3.63) is 22.9 Å². The fraction of sp³-hybridized carbons (Fsp3) is 0.333. The summed E-state index contributed by atoms with van der Waals surface area (Å²) in [7, 11) is 1.26. The number of nitrogens with zero attached hydrogens (tertiary/aromatic N) is 1. The highest BCUT2D eigenvalue weighted by Crippen LogP contribution is 2.29. The van der Waals surface area contributed by atoms with Crippen LogP contribution in [0.5, 0.6) is 5.88 Å². The van der Waals surface area contributed by atoms with Crippen LogP contribution in [0.1, 0.15) is 27.9 Å². The maximum atomic E-state index is 12.7. The number of pyridine rings is 1. The Kier molecular flexibility index (Phi) is 3.68. The number of ether oxygens (including phenoxy) is 1. The summed E-state index contributed by atoms with van der Waals surface area (Å²) in [5, 5.41) is 0. The van der Waals surface area contributed by atoms with Crippen LogP contribution in [0, 0.1) is 0 Å². The lowest BCUT2D eigenvalue weighted by Gasteiger charge is -2.11. The number of alkyl halides is 2. The SMILES string of the molecule is COc1ncc(CN)c(C(F)F)c1C=O. The fourth-order valence-corrected chi connectivity index (χ4v) is 1.26. The number of nitrogens with two attached hydrogens (primary N) is 1. The highest BCUT2D eigenvalue weighted by molar-refractivity contribution is 5.81. The minimum absolute atomic E-state index is 0.0997. The number of aldehydes is 1. The molecule has 6 heteroatoms. The molecule has 0 aliphatic rings. The van der Waals surface area contributed by atoms with Crippen LogP contribution in [-0.2, 0) is 6.54 Å². The summed E-state index contributed by atoms with van der Waals surface area (Å²) < 4.78 is 30.1. The van der Waals surface area contributed by atoms with Gasteiger partial charge >= 0.3 is 0 Å². The van der Waals surface area contributed by atoms with Gasteiger partial charge in [-0.15, -0.1) is 0 Å². The third-order valence-electron chi connectivity index (χ3n) is 1.95. The van der Waals surface area contributed by atoms with Gasteiger partial charge in [-0.05, 0) is 5.56 Å². The minimum atomic E-state index is -2.78. The Balaban J connectivity index is 3.44. The van der Waals surface area contributed by atoms with Gasteiger partial charge in [0.2, 0.25) is 5.88 Å². The molecule has 0 radical (unpaired) electrons. The van der Waals surface area contributed by atoms with Crippen molar-refractivity contribution < 1.29 is 18.3 Å². The molecule has 0 aromatic carbocycles. The summed E-state index contributed by atoms with van der Waals surface area (Å²) in [6, 6.07) is 0. The predicted molar refractivity (Wildman–Crippen MR) is 49.0 cm³/mol. The molecule has 0 saturated heterocycles. The van der Waals surface area contributed by atoms with Gasteiger partial charge in [0.15, 0.2) is 6.29 Å². The summed E-state index contributed by atoms with van der Waals surface area (Å²) in [5.74, 6) is -0.113. The average Bonchev–Trinajstić information content (AvgIpc) is 2.26. The monoisotopic (exact) mass is 216 g/mol. The molecule has 0 amide bonds. The lowest BCUT2D eigenvalue weighted by molar-refractivity contribution is 0.110. The standard InChI is InChI=1S/C9H10F2N2O2/c1-15-9-6(4-14)7(8(10)11)5(2-12)3-13-9/h3-4,8H,2,12H2,1H3. The fourth-order valence-electron chi connectivity index (χ4n) is 1.26. The van der Waals surface area contributed by atoms with E-state index in [9.17, 15) is 13.6 Å². The van der Waals surface area contributed by atoms with E-state index in [0.29, 0.717) is 6.29 Å². The molecule has 0 aliphatic heterocycles. The van der Waals surface area contributed by atoms with E-state index in [4.69, 9.17) is 10.5 Å². The number of carbonyl (C=O) groups is 1. The number of methoxy groups -OCH3 is 1. The van der Waals surface area contributed by atoms with Gasteiger partial charge in [0.1, 0.15) is 0 Å². The largest absolute Gasteiger partial charge is 0.480 e. The van der Waals surface area contributed by atoms with Gasteiger partial charge in [-0.1, -0.05) is 0 Å². The molecule has 1 aromatic heterocycles. The molecule has 4 nitrogen and oxygen atoms in total. The van der Waals surface area contributed by atoms with Gasteiger partial charge in [0.05, 0.1) is 12.7 Å². The smallest absolute Gasteiger partial charge is 0.265 e. The highest BCUT2D eigenvalue weighted by atomic mass is 19.3. The lowest BCUT2D eigenvalue weighted by Crippen LogP contribution is -2.08. The third-order valence-corrected chi connectivity index (χ3v) is 1.95. The Bertz CT molecular complexity index is 369. The molecule has 2 N–H and O–H groups in total. The molecule has 1 rings (SSSR count). The molecule has 15 heavy (non-hydrogen) atoms. The lowest BCUT2D eigenvalue weighted by atomic mass is 10.1. The van der Waals surface area contributed by atoms with Crippen LogP contribution in [0.15, 0.2) is 6.20 Å². The molecule has 0 atom stereocenters. The van der Waals surface area contributed by atoms with Crippen molar-refractivity contribution >= 4 is 6.29 Å². The first-order chi connectivity index (χ1) is 7.15. The minimum Gasteiger partial charge on any atom is -0.480 e. The molecule has 1 aromatic rings. The van der Waals surface area contributed by atoms with E-state index < -0.39 is 12.0 Å². The Labute approximate surface area is 85.1 Å². The van der Waals surface area contributed by atoms with Crippen molar-refractivity contribution in [1.29, 1.82) is 0 Å². The topological polar surface area (TPSA) is 65.2 Å². The molecule has 0 saturated carbocycles. The highest BCUT2D eigenvalue weighted by Gasteiger charge is 2.21. The summed E-state index contributed by atoms with van der Waals surface area (Å²) in [6.07, 6.45) is -1.29. The van der Waals surface area contributed by atoms with Crippen LogP contribution in [0.2, 0.25) is 0 Å². The number of hydrogen-bond donors (Lipinski definition) is 1. The van der Waals surface area contributed by atoms with Gasteiger partial charge in [0.25, 0.3) is 6.43 Å². The van der Waals surface area contributed by atoms with Gasteiger partial charge < -0.3 is 10.5 Å². The molecule has 0 fully saturated rings. The Morgan fingerprint density at radius 1 is 1.67 bits per heavy atom. The summed E-state index contributed by atoms with van der Waals surface area (Å²) in [4.78, 5) is 14.4. The molecule has 1 heterocycles. The van der Waals surface area contributed by atoms with Crippen LogP contribution in [0.4, 0.5) is 8.78 Å². The van der Waals surface area contributed by atoms with Crippen LogP contribution < -0.4 is 10.5 Å². The van der Waals surface area contributed by atoms with Crippen LogP contribution in [0.3, 0.4) is 0 Å².